The molecule has 2 aromatic rings. The van der Waals surface area contributed by atoms with Crippen LogP contribution in [0.25, 0.3) is 0 Å². The van der Waals surface area contributed by atoms with E-state index < -0.39 is 0 Å². The molecule has 1 unspecified atom stereocenters. The third-order valence-corrected chi connectivity index (χ3v) is 3.52. The molecule has 1 aromatic heterocycles. The first kappa shape index (κ1) is 15.1. The predicted molar refractivity (Wildman–Crippen MR) is 80.2 cm³/mol. The van der Waals surface area contributed by atoms with Gasteiger partial charge in [-0.05, 0) is 45.7 Å². The normalized spacial score (nSPS) is 11.9. The Morgan fingerprint density at radius 1 is 1.24 bits per heavy atom. The number of nitriles is 1. The van der Waals surface area contributed by atoms with Crippen LogP contribution < -0.4 is 4.74 Å². The van der Waals surface area contributed by atoms with Gasteiger partial charge in [0.1, 0.15) is 11.5 Å². The summed E-state index contributed by atoms with van der Waals surface area (Å²) in [6, 6.07) is 10.3. The molecule has 21 heavy (non-hydrogen) atoms. The molecule has 0 fully saturated rings. The molecule has 4 nitrogen and oxygen atoms in total. The molecule has 0 aliphatic carbocycles. The van der Waals surface area contributed by atoms with Crippen LogP contribution in [0.2, 0.25) is 0 Å². The summed E-state index contributed by atoms with van der Waals surface area (Å²) < 4.78 is 10.8. The molecule has 1 aromatic carbocycles. The van der Waals surface area contributed by atoms with Crippen molar-refractivity contribution in [1.82, 2.24) is 5.16 Å². The first-order chi connectivity index (χ1) is 10.1. The smallest absolute Gasteiger partial charge is 0.138 e. The van der Waals surface area contributed by atoms with E-state index >= 15 is 0 Å². The molecule has 0 amide bonds. The van der Waals surface area contributed by atoms with Gasteiger partial charge in [-0.2, -0.15) is 5.26 Å². The van der Waals surface area contributed by atoms with E-state index in [1.54, 1.807) is 0 Å². The molecular weight excluding hydrogens is 264 g/mol. The first-order valence-corrected chi connectivity index (χ1v) is 7.13. The van der Waals surface area contributed by atoms with Crippen molar-refractivity contribution >= 4 is 0 Å². The topological polar surface area (TPSA) is 59.0 Å². The van der Waals surface area contributed by atoms with Gasteiger partial charge in [-0.1, -0.05) is 22.9 Å². The summed E-state index contributed by atoms with van der Waals surface area (Å²) in [6.45, 7) is 6.37. The van der Waals surface area contributed by atoms with Gasteiger partial charge in [-0.25, -0.2) is 0 Å². The van der Waals surface area contributed by atoms with E-state index in [4.69, 9.17) is 9.26 Å². The highest BCUT2D eigenvalue weighted by Gasteiger charge is 2.19. The van der Waals surface area contributed by atoms with E-state index in [9.17, 15) is 5.26 Å². The number of aromatic nitrogens is 1. The van der Waals surface area contributed by atoms with Gasteiger partial charge in [0.2, 0.25) is 0 Å². The van der Waals surface area contributed by atoms with E-state index in [1.165, 1.54) is 5.56 Å². The van der Waals surface area contributed by atoms with Gasteiger partial charge >= 0.3 is 0 Å². The number of benzene rings is 1. The predicted octanol–water partition coefficient (Wildman–Crippen LogP) is 4.07. The second-order valence-electron chi connectivity index (χ2n) is 5.22. The summed E-state index contributed by atoms with van der Waals surface area (Å²) in [5.41, 5.74) is 2.94. The fraction of sp³-hybridized carbons (Fsp3) is 0.412. The molecular formula is C17H20N2O2. The van der Waals surface area contributed by atoms with Gasteiger partial charge in [-0.15, -0.1) is 0 Å². The molecule has 110 valence electrons. The summed E-state index contributed by atoms with van der Waals surface area (Å²) in [5.74, 6) is 1.42. The van der Waals surface area contributed by atoms with Gasteiger partial charge in [0.15, 0.2) is 0 Å². The summed E-state index contributed by atoms with van der Waals surface area (Å²) in [4.78, 5) is 0. The highest BCUT2D eigenvalue weighted by molar-refractivity contribution is 5.30. The fourth-order valence-electron chi connectivity index (χ4n) is 2.37. The minimum atomic E-state index is -0.183. The molecule has 2 rings (SSSR count). The van der Waals surface area contributed by atoms with Crippen molar-refractivity contribution in [2.24, 2.45) is 0 Å². The standard InChI is InChI=1S/C17H20N2O2/c1-12-6-8-16(9-7-12)20-10-4-5-15(11-18)17-13(2)19-21-14(17)3/h6-9,15H,4-5,10H2,1-3H3. The average molecular weight is 284 g/mol. The largest absolute Gasteiger partial charge is 0.494 e. The Kier molecular flexibility index (Phi) is 4.99. The zero-order valence-corrected chi connectivity index (χ0v) is 12.7. The van der Waals surface area contributed by atoms with Gasteiger partial charge in [0.25, 0.3) is 0 Å². The number of rotatable bonds is 6. The summed E-state index contributed by atoms with van der Waals surface area (Å²) in [5, 5.41) is 13.2. The van der Waals surface area contributed by atoms with E-state index in [0.29, 0.717) is 6.61 Å². The third-order valence-electron chi connectivity index (χ3n) is 3.52. The first-order valence-electron chi connectivity index (χ1n) is 7.13. The van der Waals surface area contributed by atoms with E-state index in [1.807, 2.05) is 45.0 Å². The number of aryl methyl sites for hydroxylation is 3. The molecule has 0 saturated carbocycles. The van der Waals surface area contributed by atoms with E-state index in [0.717, 1.165) is 35.6 Å². The van der Waals surface area contributed by atoms with Crippen molar-refractivity contribution in [2.45, 2.75) is 39.5 Å². The Morgan fingerprint density at radius 2 is 1.95 bits per heavy atom. The lowest BCUT2D eigenvalue weighted by Gasteiger charge is -2.10. The SMILES string of the molecule is Cc1ccc(OCCCC(C#N)c2c(C)noc2C)cc1. The maximum atomic E-state index is 9.33. The minimum absolute atomic E-state index is 0.183. The Labute approximate surface area is 125 Å². The second kappa shape index (κ2) is 6.94. The fourth-order valence-corrected chi connectivity index (χ4v) is 2.37. The number of hydrogen-bond acceptors (Lipinski definition) is 4. The van der Waals surface area contributed by atoms with Crippen LogP contribution in [0.4, 0.5) is 0 Å². The van der Waals surface area contributed by atoms with Gasteiger partial charge in [0.05, 0.1) is 24.3 Å². The quantitative estimate of drug-likeness (QED) is 0.750. The van der Waals surface area contributed by atoms with Crippen molar-refractivity contribution in [3.63, 3.8) is 0 Å². The number of nitrogens with zero attached hydrogens (tertiary/aromatic N) is 2. The summed E-state index contributed by atoms with van der Waals surface area (Å²) in [6.07, 6.45) is 1.56. The van der Waals surface area contributed by atoms with Gasteiger partial charge in [-0.3, -0.25) is 0 Å². The highest BCUT2D eigenvalue weighted by Crippen LogP contribution is 2.26. The molecule has 0 spiro atoms. The number of hydrogen-bond donors (Lipinski definition) is 0. The molecule has 0 radical (unpaired) electrons. The third kappa shape index (κ3) is 3.85. The Bertz CT molecular complexity index is 604. The van der Waals surface area contributed by atoms with Crippen LogP contribution in [-0.2, 0) is 0 Å². The van der Waals surface area contributed by atoms with Crippen LogP contribution in [0.3, 0.4) is 0 Å². The highest BCUT2D eigenvalue weighted by atomic mass is 16.5. The lowest BCUT2D eigenvalue weighted by atomic mass is 9.94. The van der Waals surface area contributed by atoms with Crippen LogP contribution in [0, 0.1) is 32.1 Å². The van der Waals surface area contributed by atoms with Crippen LogP contribution in [0.1, 0.15) is 41.3 Å². The van der Waals surface area contributed by atoms with Gasteiger partial charge in [0, 0.05) is 5.56 Å². The Balaban J connectivity index is 1.85. The van der Waals surface area contributed by atoms with Crippen molar-refractivity contribution in [2.75, 3.05) is 6.61 Å². The lowest BCUT2D eigenvalue weighted by molar-refractivity contribution is 0.304. The maximum absolute atomic E-state index is 9.33. The molecule has 4 heteroatoms. The summed E-state index contributed by atoms with van der Waals surface area (Å²) >= 11 is 0. The molecule has 1 heterocycles. The zero-order chi connectivity index (χ0) is 15.2. The monoisotopic (exact) mass is 284 g/mol. The molecule has 0 N–H and O–H groups in total. The van der Waals surface area contributed by atoms with E-state index in [2.05, 4.69) is 11.2 Å². The van der Waals surface area contributed by atoms with Crippen LogP contribution >= 0.6 is 0 Å². The maximum Gasteiger partial charge on any atom is 0.138 e. The Morgan fingerprint density at radius 3 is 2.52 bits per heavy atom. The molecule has 0 aliphatic rings. The van der Waals surface area contributed by atoms with E-state index in [-0.39, 0.29) is 5.92 Å². The second-order valence-corrected chi connectivity index (χ2v) is 5.22. The zero-order valence-electron chi connectivity index (χ0n) is 12.7. The van der Waals surface area contributed by atoms with Crippen molar-refractivity contribution in [3.8, 4) is 11.8 Å². The number of ether oxygens (including phenoxy) is 1. The molecule has 1 atom stereocenters. The van der Waals surface area contributed by atoms with Crippen molar-refractivity contribution < 1.29 is 9.26 Å². The lowest BCUT2D eigenvalue weighted by Crippen LogP contribution is -2.03. The molecule has 0 bridgehead atoms. The summed E-state index contributed by atoms with van der Waals surface area (Å²) in [7, 11) is 0. The minimum Gasteiger partial charge on any atom is -0.494 e. The Hall–Kier alpha value is -2.28. The van der Waals surface area contributed by atoms with Crippen LogP contribution in [0.15, 0.2) is 28.8 Å². The van der Waals surface area contributed by atoms with Crippen LogP contribution in [0.5, 0.6) is 5.75 Å². The molecule has 0 saturated heterocycles. The van der Waals surface area contributed by atoms with Crippen molar-refractivity contribution in [1.29, 1.82) is 5.26 Å². The average Bonchev–Trinajstić information content (AvgIpc) is 2.81. The van der Waals surface area contributed by atoms with Gasteiger partial charge < -0.3 is 9.26 Å². The van der Waals surface area contributed by atoms with Crippen molar-refractivity contribution in [3.05, 3.63) is 46.8 Å². The van der Waals surface area contributed by atoms with Crippen LogP contribution in [-0.4, -0.2) is 11.8 Å². The molecule has 0 aliphatic heterocycles.